The molecule has 9 nitrogen and oxygen atoms in total. The summed E-state index contributed by atoms with van der Waals surface area (Å²) in [5.41, 5.74) is 1.68. The van der Waals surface area contributed by atoms with E-state index in [0.29, 0.717) is 18.1 Å². The van der Waals surface area contributed by atoms with Crippen molar-refractivity contribution in [2.75, 3.05) is 4.90 Å². The Labute approximate surface area is 187 Å². The first-order chi connectivity index (χ1) is 15.2. The SMILES string of the molecule is Cn1cc(CN2C(=O)c3cc(S(=O)(=O)NC4(C)CC4)ccc3N3C2=N[C@H]2CCC[C@H]23)cn1. The second-order valence-electron chi connectivity index (χ2n) is 9.62. The van der Waals surface area contributed by atoms with Gasteiger partial charge in [0, 0.05) is 24.3 Å². The van der Waals surface area contributed by atoms with Gasteiger partial charge in [0.15, 0.2) is 0 Å². The molecule has 3 heterocycles. The maximum atomic E-state index is 13.6. The molecular formula is C22H26N6O3S. The first kappa shape index (κ1) is 19.9. The van der Waals surface area contributed by atoms with Gasteiger partial charge in [-0.2, -0.15) is 5.10 Å². The molecule has 0 unspecified atom stereocenters. The number of hydrogen-bond acceptors (Lipinski definition) is 6. The van der Waals surface area contributed by atoms with Crippen LogP contribution in [0.4, 0.5) is 5.69 Å². The van der Waals surface area contributed by atoms with Crippen molar-refractivity contribution >= 4 is 27.6 Å². The summed E-state index contributed by atoms with van der Waals surface area (Å²) in [6, 6.07) is 5.28. The average Bonchev–Trinajstić information content (AvgIpc) is 3.10. The van der Waals surface area contributed by atoms with Gasteiger partial charge in [0.25, 0.3) is 5.91 Å². The lowest BCUT2D eigenvalue weighted by molar-refractivity contribution is 0.0832. The van der Waals surface area contributed by atoms with Crippen LogP contribution in [0.2, 0.25) is 0 Å². The van der Waals surface area contributed by atoms with Crippen molar-refractivity contribution in [3.05, 3.63) is 41.7 Å². The molecule has 4 aliphatic rings. The number of carbonyl (C=O) groups excluding carboxylic acids is 1. The normalized spacial score (nSPS) is 25.4. The molecule has 2 saturated carbocycles. The predicted molar refractivity (Wildman–Crippen MR) is 119 cm³/mol. The van der Waals surface area contributed by atoms with Crippen LogP contribution in [-0.4, -0.2) is 52.6 Å². The number of benzene rings is 1. The maximum absolute atomic E-state index is 13.6. The van der Waals surface area contributed by atoms with Gasteiger partial charge in [0.2, 0.25) is 16.0 Å². The van der Waals surface area contributed by atoms with Crippen LogP contribution in [0.15, 0.2) is 40.5 Å². The predicted octanol–water partition coefficient (Wildman–Crippen LogP) is 2.00. The third-order valence-corrected chi connectivity index (χ3v) is 8.64. The zero-order valence-corrected chi connectivity index (χ0v) is 19.0. The zero-order chi connectivity index (χ0) is 22.3. The van der Waals surface area contributed by atoms with Gasteiger partial charge >= 0.3 is 0 Å². The second-order valence-corrected chi connectivity index (χ2v) is 11.3. The Hall–Kier alpha value is -2.72. The van der Waals surface area contributed by atoms with Crippen LogP contribution < -0.4 is 9.62 Å². The van der Waals surface area contributed by atoms with Crippen molar-refractivity contribution in [1.29, 1.82) is 0 Å². The van der Waals surface area contributed by atoms with Gasteiger partial charge in [-0.15, -0.1) is 0 Å². The fraction of sp³-hybridized carbons (Fsp3) is 0.500. The number of guanidine groups is 1. The summed E-state index contributed by atoms with van der Waals surface area (Å²) in [6.07, 6.45) is 8.38. The number of amides is 1. The van der Waals surface area contributed by atoms with E-state index in [4.69, 9.17) is 4.99 Å². The molecule has 1 aromatic carbocycles. The summed E-state index contributed by atoms with van der Waals surface area (Å²) < 4.78 is 30.4. The maximum Gasteiger partial charge on any atom is 0.263 e. The van der Waals surface area contributed by atoms with Crippen molar-refractivity contribution < 1.29 is 13.2 Å². The van der Waals surface area contributed by atoms with Crippen molar-refractivity contribution in [2.24, 2.45) is 12.0 Å². The molecule has 0 saturated heterocycles. The molecule has 1 N–H and O–H groups in total. The van der Waals surface area contributed by atoms with Crippen molar-refractivity contribution in [3.63, 3.8) is 0 Å². The molecule has 2 fully saturated rings. The Morgan fingerprint density at radius 2 is 2.06 bits per heavy atom. The third-order valence-electron chi connectivity index (χ3n) is 7.01. The number of rotatable bonds is 5. The van der Waals surface area contributed by atoms with E-state index in [1.807, 2.05) is 20.2 Å². The van der Waals surface area contributed by atoms with Crippen LogP contribution >= 0.6 is 0 Å². The largest absolute Gasteiger partial charge is 0.306 e. The van der Waals surface area contributed by atoms with Crippen LogP contribution in [0.1, 0.15) is 54.9 Å². The Morgan fingerprint density at radius 3 is 2.78 bits per heavy atom. The number of nitrogens with zero attached hydrogens (tertiary/aromatic N) is 5. The minimum atomic E-state index is -3.71. The molecule has 2 aliphatic heterocycles. The number of carbonyl (C=O) groups is 1. The number of sulfonamides is 1. The first-order valence-corrected chi connectivity index (χ1v) is 12.6. The van der Waals surface area contributed by atoms with Crippen LogP contribution in [0, 0.1) is 0 Å². The first-order valence-electron chi connectivity index (χ1n) is 11.1. The number of anilines is 1. The molecule has 1 amide bonds. The highest BCUT2D eigenvalue weighted by Gasteiger charge is 2.48. The molecule has 0 spiro atoms. The van der Waals surface area contributed by atoms with Gasteiger partial charge in [-0.25, -0.2) is 18.1 Å². The minimum Gasteiger partial charge on any atom is -0.306 e. The Kier molecular flexibility index (Phi) is 4.14. The summed E-state index contributed by atoms with van der Waals surface area (Å²) in [6.45, 7) is 2.24. The number of hydrogen-bond donors (Lipinski definition) is 1. The molecular weight excluding hydrogens is 428 g/mol. The van der Waals surface area contributed by atoms with Crippen molar-refractivity contribution in [3.8, 4) is 0 Å². The summed E-state index contributed by atoms with van der Waals surface area (Å²) in [7, 11) is -1.87. The molecule has 1 aromatic heterocycles. The van der Waals surface area contributed by atoms with Crippen LogP contribution in [0.5, 0.6) is 0 Å². The standard InChI is InChI=1S/C22H26N6O3S/c1-22(8-9-22)25-32(30,31)15-6-7-18-16(10-15)20(29)27(13-14-11-23-26(2)12-14)21-24-17-4-3-5-19(17)28(18)21/h6-7,10-12,17,19,25H,3-5,8-9,13H2,1-2H3/t17-,19+/m0/s1. The fourth-order valence-corrected chi connectivity index (χ4v) is 6.56. The highest BCUT2D eigenvalue weighted by molar-refractivity contribution is 7.89. The Morgan fingerprint density at radius 1 is 1.25 bits per heavy atom. The molecule has 2 atom stereocenters. The van der Waals surface area contributed by atoms with E-state index >= 15 is 0 Å². The van der Waals surface area contributed by atoms with Crippen LogP contribution in [-0.2, 0) is 23.6 Å². The Bertz CT molecular complexity index is 1260. The zero-order valence-electron chi connectivity index (χ0n) is 18.2. The molecule has 2 aromatic rings. The number of aryl methyl sites for hydroxylation is 1. The quantitative estimate of drug-likeness (QED) is 0.745. The van der Waals surface area contributed by atoms with Gasteiger partial charge in [0.05, 0.1) is 41.0 Å². The van der Waals surface area contributed by atoms with Gasteiger partial charge in [0.1, 0.15) is 0 Å². The average molecular weight is 455 g/mol. The monoisotopic (exact) mass is 454 g/mol. The lowest BCUT2D eigenvalue weighted by Gasteiger charge is -2.38. The number of fused-ring (bicyclic) bond motifs is 5. The van der Waals surface area contributed by atoms with Crippen LogP contribution in [0.3, 0.4) is 0 Å². The Balaban J connectivity index is 1.43. The van der Waals surface area contributed by atoms with E-state index in [1.165, 1.54) is 6.07 Å². The second kappa shape index (κ2) is 6.64. The van der Waals surface area contributed by atoms with Crippen molar-refractivity contribution in [2.45, 2.75) is 68.1 Å². The van der Waals surface area contributed by atoms with E-state index < -0.39 is 10.0 Å². The molecule has 32 heavy (non-hydrogen) atoms. The minimum absolute atomic E-state index is 0.126. The highest BCUT2D eigenvalue weighted by atomic mass is 32.2. The summed E-state index contributed by atoms with van der Waals surface area (Å²) in [5, 5.41) is 4.22. The van der Waals surface area contributed by atoms with E-state index in [-0.39, 0.29) is 28.4 Å². The number of aliphatic imine (C=N–C) groups is 1. The van der Waals surface area contributed by atoms with E-state index in [2.05, 4.69) is 14.7 Å². The number of nitrogens with one attached hydrogen (secondary N) is 1. The summed E-state index contributed by atoms with van der Waals surface area (Å²) >= 11 is 0. The van der Waals surface area contributed by atoms with Gasteiger partial charge in [-0.3, -0.25) is 14.4 Å². The van der Waals surface area contributed by atoms with E-state index in [9.17, 15) is 13.2 Å². The molecule has 10 heteroatoms. The van der Waals surface area contributed by atoms with E-state index in [0.717, 1.165) is 43.4 Å². The molecule has 6 rings (SSSR count). The van der Waals surface area contributed by atoms with Crippen molar-refractivity contribution in [1.82, 2.24) is 19.4 Å². The lowest BCUT2D eigenvalue weighted by atomic mass is 10.0. The summed E-state index contributed by atoms with van der Waals surface area (Å²) in [4.78, 5) is 22.5. The fourth-order valence-electron chi connectivity index (χ4n) is 5.07. The van der Waals surface area contributed by atoms with Crippen LogP contribution in [0.25, 0.3) is 0 Å². The number of aromatic nitrogens is 2. The molecule has 2 aliphatic carbocycles. The van der Waals surface area contributed by atoms with Gasteiger partial charge in [-0.1, -0.05) is 0 Å². The molecule has 168 valence electrons. The summed E-state index contributed by atoms with van der Waals surface area (Å²) in [5.74, 6) is 0.439. The smallest absolute Gasteiger partial charge is 0.263 e. The third kappa shape index (κ3) is 3.07. The highest BCUT2D eigenvalue weighted by Crippen LogP contribution is 2.42. The lowest BCUT2D eigenvalue weighted by Crippen LogP contribution is -2.52. The topological polar surface area (TPSA) is 99.9 Å². The molecule has 0 radical (unpaired) electrons. The van der Waals surface area contributed by atoms with Gasteiger partial charge < -0.3 is 4.90 Å². The molecule has 0 bridgehead atoms. The van der Waals surface area contributed by atoms with E-state index in [1.54, 1.807) is 27.9 Å². The van der Waals surface area contributed by atoms with Gasteiger partial charge in [-0.05, 0) is 57.2 Å².